The molecule has 2 N–H and O–H groups in total. The monoisotopic (exact) mass is 264 g/mol. The van der Waals surface area contributed by atoms with E-state index in [9.17, 15) is 8.42 Å². The van der Waals surface area contributed by atoms with Gasteiger partial charge in [0.1, 0.15) is 5.75 Å². The number of aromatic nitrogens is 1. The van der Waals surface area contributed by atoms with E-state index < -0.39 is 10.0 Å². The number of nitrogens with two attached hydrogens (primary N) is 1. The highest BCUT2D eigenvalue weighted by atomic mass is 32.2. The molecule has 6 heteroatoms. The van der Waals surface area contributed by atoms with Gasteiger partial charge in [-0.15, -0.1) is 0 Å². The predicted molar refractivity (Wildman–Crippen MR) is 66.9 cm³/mol. The summed E-state index contributed by atoms with van der Waals surface area (Å²) in [6, 6.07) is 9.45. The van der Waals surface area contributed by atoms with Crippen LogP contribution in [0.15, 0.2) is 47.5 Å². The van der Waals surface area contributed by atoms with Gasteiger partial charge in [-0.05, 0) is 36.8 Å². The van der Waals surface area contributed by atoms with Crippen LogP contribution in [0.3, 0.4) is 0 Å². The minimum atomic E-state index is -3.67. The lowest BCUT2D eigenvalue weighted by atomic mass is 10.3. The summed E-state index contributed by atoms with van der Waals surface area (Å²) in [5.41, 5.74) is 1.03. The zero-order valence-electron chi connectivity index (χ0n) is 9.70. The predicted octanol–water partition coefficient (Wildman–Crippen LogP) is 1.83. The van der Waals surface area contributed by atoms with Gasteiger partial charge in [-0.25, -0.2) is 18.5 Å². The molecular formula is C12H12N2O3S. The maximum absolute atomic E-state index is 11.1. The summed E-state index contributed by atoms with van der Waals surface area (Å²) in [5.74, 6) is 0.947. The van der Waals surface area contributed by atoms with E-state index in [1.54, 1.807) is 12.3 Å². The van der Waals surface area contributed by atoms with Crippen molar-refractivity contribution in [1.29, 1.82) is 0 Å². The van der Waals surface area contributed by atoms with Crippen LogP contribution < -0.4 is 9.88 Å². The number of benzene rings is 1. The van der Waals surface area contributed by atoms with Crippen LogP contribution in [0.25, 0.3) is 0 Å². The number of primary sulfonamides is 1. The second-order valence-corrected chi connectivity index (χ2v) is 5.35. The Hall–Kier alpha value is -1.92. The number of hydrogen-bond donors (Lipinski definition) is 1. The number of nitrogens with zero attached hydrogens (tertiary/aromatic N) is 1. The van der Waals surface area contributed by atoms with Crippen molar-refractivity contribution in [3.05, 3.63) is 48.2 Å². The first-order valence-corrected chi connectivity index (χ1v) is 6.73. The lowest BCUT2D eigenvalue weighted by molar-refractivity contribution is 0.462. The molecule has 0 aliphatic carbocycles. The van der Waals surface area contributed by atoms with Crippen LogP contribution in [0.4, 0.5) is 0 Å². The first kappa shape index (κ1) is 12.5. The van der Waals surface area contributed by atoms with E-state index in [1.807, 2.05) is 13.0 Å². The van der Waals surface area contributed by atoms with Gasteiger partial charge in [-0.3, -0.25) is 0 Å². The molecule has 1 aromatic heterocycles. The molecule has 1 aromatic carbocycles. The lowest BCUT2D eigenvalue weighted by Gasteiger charge is -2.05. The van der Waals surface area contributed by atoms with Crippen LogP contribution in [-0.4, -0.2) is 13.4 Å². The van der Waals surface area contributed by atoms with Crippen molar-refractivity contribution >= 4 is 10.0 Å². The van der Waals surface area contributed by atoms with E-state index >= 15 is 0 Å². The maximum atomic E-state index is 11.1. The topological polar surface area (TPSA) is 82.3 Å². The summed E-state index contributed by atoms with van der Waals surface area (Å²) in [6.45, 7) is 1.93. The second kappa shape index (κ2) is 4.75. The first-order chi connectivity index (χ1) is 8.45. The van der Waals surface area contributed by atoms with Crippen molar-refractivity contribution in [2.24, 2.45) is 5.14 Å². The Morgan fingerprint density at radius 3 is 2.28 bits per heavy atom. The van der Waals surface area contributed by atoms with Crippen molar-refractivity contribution in [3.8, 4) is 11.6 Å². The third kappa shape index (κ3) is 3.06. The van der Waals surface area contributed by atoms with E-state index in [2.05, 4.69) is 4.98 Å². The number of sulfonamides is 1. The number of aryl methyl sites for hydroxylation is 1. The summed E-state index contributed by atoms with van der Waals surface area (Å²) < 4.78 is 27.6. The number of hydrogen-bond acceptors (Lipinski definition) is 4. The molecule has 0 spiro atoms. The molecule has 0 fully saturated rings. The normalized spacial score (nSPS) is 11.2. The van der Waals surface area contributed by atoms with Gasteiger partial charge in [0.05, 0.1) is 4.90 Å². The Morgan fingerprint density at radius 1 is 1.11 bits per heavy atom. The molecule has 0 amide bonds. The summed E-state index contributed by atoms with van der Waals surface area (Å²) in [5, 5.41) is 5.00. The lowest BCUT2D eigenvalue weighted by Crippen LogP contribution is -2.11. The van der Waals surface area contributed by atoms with Gasteiger partial charge < -0.3 is 4.74 Å². The molecule has 0 radical (unpaired) electrons. The molecule has 0 atom stereocenters. The van der Waals surface area contributed by atoms with E-state index in [-0.39, 0.29) is 4.90 Å². The summed E-state index contributed by atoms with van der Waals surface area (Å²) in [4.78, 5) is 4.13. The zero-order chi connectivity index (χ0) is 13.2. The Kier molecular flexibility index (Phi) is 3.31. The average molecular weight is 264 g/mol. The molecular weight excluding hydrogens is 252 g/mol. The maximum Gasteiger partial charge on any atom is 0.238 e. The summed E-state index contributed by atoms with van der Waals surface area (Å²) in [7, 11) is -3.67. The van der Waals surface area contributed by atoms with Crippen molar-refractivity contribution in [1.82, 2.24) is 4.98 Å². The first-order valence-electron chi connectivity index (χ1n) is 5.18. The standard InChI is InChI=1S/C12H12N2O3S/c1-9-2-7-12(14-8-9)17-10-3-5-11(6-4-10)18(13,15)16/h2-8H,1H3,(H2,13,15,16). The molecule has 94 valence electrons. The quantitative estimate of drug-likeness (QED) is 0.916. The van der Waals surface area contributed by atoms with E-state index in [0.717, 1.165) is 5.56 Å². The molecule has 0 unspecified atom stereocenters. The molecule has 5 nitrogen and oxygen atoms in total. The van der Waals surface area contributed by atoms with Gasteiger partial charge in [0.25, 0.3) is 0 Å². The third-order valence-electron chi connectivity index (χ3n) is 2.26. The van der Waals surface area contributed by atoms with Crippen molar-refractivity contribution in [3.63, 3.8) is 0 Å². The highest BCUT2D eigenvalue weighted by Gasteiger charge is 2.07. The van der Waals surface area contributed by atoms with Crippen LogP contribution in [0.5, 0.6) is 11.6 Å². The van der Waals surface area contributed by atoms with Gasteiger partial charge in [0.2, 0.25) is 15.9 Å². The smallest absolute Gasteiger partial charge is 0.238 e. The number of pyridine rings is 1. The van der Waals surface area contributed by atoms with Gasteiger partial charge in [-0.2, -0.15) is 0 Å². The van der Waals surface area contributed by atoms with Gasteiger partial charge in [0, 0.05) is 12.3 Å². The van der Waals surface area contributed by atoms with Crippen LogP contribution in [0, 0.1) is 6.92 Å². The van der Waals surface area contributed by atoms with Gasteiger partial charge in [-0.1, -0.05) is 6.07 Å². The molecule has 1 heterocycles. The summed E-state index contributed by atoms with van der Waals surface area (Å²) >= 11 is 0. The Morgan fingerprint density at radius 2 is 1.78 bits per heavy atom. The molecule has 2 rings (SSSR count). The fourth-order valence-corrected chi connectivity index (χ4v) is 1.85. The fourth-order valence-electron chi connectivity index (χ4n) is 1.33. The number of ether oxygens (including phenoxy) is 1. The van der Waals surface area contributed by atoms with Gasteiger partial charge >= 0.3 is 0 Å². The summed E-state index contributed by atoms with van der Waals surface area (Å²) in [6.07, 6.45) is 1.69. The van der Waals surface area contributed by atoms with E-state index in [1.165, 1.54) is 24.3 Å². The van der Waals surface area contributed by atoms with Gasteiger partial charge in [0.15, 0.2) is 0 Å². The van der Waals surface area contributed by atoms with Crippen molar-refractivity contribution in [2.45, 2.75) is 11.8 Å². The highest BCUT2D eigenvalue weighted by molar-refractivity contribution is 7.89. The molecule has 2 aromatic rings. The Balaban J connectivity index is 2.18. The van der Waals surface area contributed by atoms with E-state index in [0.29, 0.717) is 11.6 Å². The molecule has 0 aliphatic heterocycles. The second-order valence-electron chi connectivity index (χ2n) is 3.79. The molecule has 0 saturated heterocycles. The van der Waals surface area contributed by atoms with Crippen LogP contribution in [0.1, 0.15) is 5.56 Å². The minimum absolute atomic E-state index is 0.0479. The molecule has 0 bridgehead atoms. The van der Waals surface area contributed by atoms with Crippen LogP contribution in [-0.2, 0) is 10.0 Å². The third-order valence-corrected chi connectivity index (χ3v) is 3.19. The average Bonchev–Trinajstić information content (AvgIpc) is 2.32. The van der Waals surface area contributed by atoms with Crippen molar-refractivity contribution < 1.29 is 13.2 Å². The SMILES string of the molecule is Cc1ccc(Oc2ccc(S(N)(=O)=O)cc2)nc1. The fraction of sp³-hybridized carbons (Fsp3) is 0.0833. The van der Waals surface area contributed by atoms with E-state index in [4.69, 9.17) is 9.88 Å². The number of rotatable bonds is 3. The Bertz CT molecular complexity index is 634. The van der Waals surface area contributed by atoms with Crippen LogP contribution >= 0.6 is 0 Å². The Labute approximate surface area is 105 Å². The zero-order valence-corrected chi connectivity index (χ0v) is 10.5. The highest BCUT2D eigenvalue weighted by Crippen LogP contribution is 2.20. The van der Waals surface area contributed by atoms with Crippen molar-refractivity contribution in [2.75, 3.05) is 0 Å². The molecule has 0 saturated carbocycles. The largest absolute Gasteiger partial charge is 0.439 e. The minimum Gasteiger partial charge on any atom is -0.439 e. The van der Waals surface area contributed by atoms with Crippen LogP contribution in [0.2, 0.25) is 0 Å². The molecule has 18 heavy (non-hydrogen) atoms. The molecule has 0 aliphatic rings.